The van der Waals surface area contributed by atoms with Crippen LogP contribution in [0.1, 0.15) is 30.9 Å². The maximum absolute atomic E-state index is 5.66. The molecule has 2 aromatic rings. The molecule has 1 aromatic heterocycles. The summed E-state index contributed by atoms with van der Waals surface area (Å²) in [4.78, 5) is 8.39. The van der Waals surface area contributed by atoms with Crippen LogP contribution in [0.5, 0.6) is 11.8 Å². The summed E-state index contributed by atoms with van der Waals surface area (Å²) >= 11 is 0. The molecular weight excluding hydrogens is 238 g/mol. The molecule has 0 aliphatic heterocycles. The summed E-state index contributed by atoms with van der Waals surface area (Å²) in [7, 11) is 1.89. The number of nitrogens with one attached hydrogen (secondary N) is 1. The van der Waals surface area contributed by atoms with Crippen molar-refractivity contribution < 1.29 is 4.74 Å². The van der Waals surface area contributed by atoms with E-state index in [-0.39, 0.29) is 0 Å². The fourth-order valence-corrected chi connectivity index (χ4v) is 1.73. The van der Waals surface area contributed by atoms with Crippen molar-refractivity contribution in [1.82, 2.24) is 15.3 Å². The van der Waals surface area contributed by atoms with Gasteiger partial charge in [0.05, 0.1) is 0 Å². The number of hydrogen-bond donors (Lipinski definition) is 1. The first kappa shape index (κ1) is 13.5. The average molecular weight is 257 g/mol. The zero-order chi connectivity index (χ0) is 13.7. The van der Waals surface area contributed by atoms with E-state index in [0.29, 0.717) is 11.9 Å². The molecule has 0 aliphatic carbocycles. The third-order valence-corrected chi connectivity index (χ3v) is 2.80. The molecule has 0 unspecified atom stereocenters. The first-order valence-electron chi connectivity index (χ1n) is 6.42. The second kappa shape index (κ2) is 6.29. The van der Waals surface area contributed by atoms with Crippen LogP contribution >= 0.6 is 0 Å². The van der Waals surface area contributed by atoms with Gasteiger partial charge in [-0.1, -0.05) is 26.0 Å². The molecule has 19 heavy (non-hydrogen) atoms. The molecule has 100 valence electrons. The average Bonchev–Trinajstić information content (AvgIpc) is 2.42. The lowest BCUT2D eigenvalue weighted by Gasteiger charge is -2.08. The molecular formula is C15H19N3O. The van der Waals surface area contributed by atoms with Gasteiger partial charge in [-0.25, -0.2) is 9.97 Å². The molecule has 0 amide bonds. The second-order valence-electron chi connectivity index (χ2n) is 4.73. The molecule has 0 saturated heterocycles. The molecule has 0 fully saturated rings. The van der Waals surface area contributed by atoms with Gasteiger partial charge in [-0.3, -0.25) is 0 Å². The van der Waals surface area contributed by atoms with E-state index in [0.717, 1.165) is 17.9 Å². The van der Waals surface area contributed by atoms with E-state index in [4.69, 9.17) is 4.74 Å². The number of ether oxygens (including phenoxy) is 1. The van der Waals surface area contributed by atoms with Crippen molar-refractivity contribution in [3.63, 3.8) is 0 Å². The van der Waals surface area contributed by atoms with Crippen molar-refractivity contribution in [2.75, 3.05) is 7.05 Å². The van der Waals surface area contributed by atoms with E-state index in [9.17, 15) is 0 Å². The fraction of sp³-hybridized carbons (Fsp3) is 0.333. The molecule has 0 aliphatic rings. The highest BCUT2D eigenvalue weighted by Gasteiger charge is 2.04. The monoisotopic (exact) mass is 257 g/mol. The highest BCUT2D eigenvalue weighted by Crippen LogP contribution is 2.23. The largest absolute Gasteiger partial charge is 0.424 e. The zero-order valence-corrected chi connectivity index (χ0v) is 11.6. The summed E-state index contributed by atoms with van der Waals surface area (Å²) in [6.07, 6.45) is 3.54. The van der Waals surface area contributed by atoms with Crippen LogP contribution in [0.25, 0.3) is 0 Å². The minimum Gasteiger partial charge on any atom is -0.424 e. The van der Waals surface area contributed by atoms with Crippen molar-refractivity contribution in [3.8, 4) is 11.8 Å². The summed E-state index contributed by atoms with van der Waals surface area (Å²) < 4.78 is 5.66. The van der Waals surface area contributed by atoms with Gasteiger partial charge < -0.3 is 10.1 Å². The van der Waals surface area contributed by atoms with Crippen molar-refractivity contribution >= 4 is 0 Å². The van der Waals surface area contributed by atoms with Crippen molar-refractivity contribution in [3.05, 3.63) is 47.8 Å². The van der Waals surface area contributed by atoms with E-state index in [1.54, 1.807) is 12.4 Å². The zero-order valence-electron chi connectivity index (χ0n) is 11.6. The highest BCUT2D eigenvalue weighted by molar-refractivity contribution is 5.32. The maximum Gasteiger partial charge on any atom is 0.321 e. The number of rotatable bonds is 5. The van der Waals surface area contributed by atoms with Gasteiger partial charge in [0.1, 0.15) is 5.75 Å². The van der Waals surface area contributed by atoms with Crippen LogP contribution in [0.3, 0.4) is 0 Å². The first-order valence-corrected chi connectivity index (χ1v) is 6.42. The normalized spacial score (nSPS) is 10.7. The van der Waals surface area contributed by atoms with Crippen LogP contribution in [-0.2, 0) is 6.54 Å². The number of hydrogen-bond acceptors (Lipinski definition) is 4. The van der Waals surface area contributed by atoms with Crippen LogP contribution in [0.4, 0.5) is 0 Å². The smallest absolute Gasteiger partial charge is 0.321 e. The van der Waals surface area contributed by atoms with Crippen LogP contribution in [0.15, 0.2) is 36.7 Å². The lowest BCUT2D eigenvalue weighted by atomic mass is 10.0. The third-order valence-electron chi connectivity index (χ3n) is 2.80. The van der Waals surface area contributed by atoms with E-state index in [1.165, 1.54) is 5.56 Å². The number of benzene rings is 1. The fourth-order valence-electron chi connectivity index (χ4n) is 1.73. The summed E-state index contributed by atoms with van der Waals surface area (Å²) in [5.74, 6) is 1.25. The lowest BCUT2D eigenvalue weighted by molar-refractivity contribution is 0.440. The summed E-state index contributed by atoms with van der Waals surface area (Å²) in [5, 5.41) is 3.05. The van der Waals surface area contributed by atoms with Gasteiger partial charge in [-0.05, 0) is 30.7 Å². The Labute approximate surface area is 113 Å². The quantitative estimate of drug-likeness (QED) is 0.894. The van der Waals surface area contributed by atoms with E-state index < -0.39 is 0 Å². The Bertz CT molecular complexity index is 523. The minimum absolute atomic E-state index is 0.376. The molecule has 0 saturated carbocycles. The van der Waals surface area contributed by atoms with Crippen molar-refractivity contribution in [2.24, 2.45) is 0 Å². The standard InChI is InChI=1S/C15H19N3O/c1-11(2)13-5-4-6-14(7-13)19-15-17-9-12(8-16-3)10-18-15/h4-7,9-11,16H,8H2,1-3H3. The van der Waals surface area contributed by atoms with E-state index in [1.807, 2.05) is 25.2 Å². The van der Waals surface area contributed by atoms with Crippen molar-refractivity contribution in [1.29, 1.82) is 0 Å². The molecule has 2 rings (SSSR count). The lowest BCUT2D eigenvalue weighted by Crippen LogP contribution is -2.06. The molecule has 1 heterocycles. The second-order valence-corrected chi connectivity index (χ2v) is 4.73. The molecule has 1 aromatic carbocycles. The summed E-state index contributed by atoms with van der Waals surface area (Å²) in [6, 6.07) is 8.39. The van der Waals surface area contributed by atoms with E-state index >= 15 is 0 Å². The first-order chi connectivity index (χ1) is 9.19. The van der Waals surface area contributed by atoms with Gasteiger partial charge in [0, 0.05) is 24.5 Å². The molecule has 4 nitrogen and oxygen atoms in total. The number of aromatic nitrogens is 2. The Morgan fingerprint density at radius 2 is 1.95 bits per heavy atom. The minimum atomic E-state index is 0.376. The summed E-state index contributed by atoms with van der Waals surface area (Å²) in [6.45, 7) is 5.06. The Morgan fingerprint density at radius 1 is 1.21 bits per heavy atom. The Balaban J connectivity index is 2.10. The highest BCUT2D eigenvalue weighted by atomic mass is 16.5. The molecule has 0 bridgehead atoms. The molecule has 1 N–H and O–H groups in total. The van der Waals surface area contributed by atoms with Crippen LogP contribution < -0.4 is 10.1 Å². The van der Waals surface area contributed by atoms with Crippen molar-refractivity contribution in [2.45, 2.75) is 26.3 Å². The third kappa shape index (κ3) is 3.76. The molecule has 0 radical (unpaired) electrons. The topological polar surface area (TPSA) is 47.0 Å². The Kier molecular flexibility index (Phi) is 4.47. The van der Waals surface area contributed by atoms with Gasteiger partial charge in [-0.15, -0.1) is 0 Å². The maximum atomic E-state index is 5.66. The predicted molar refractivity (Wildman–Crippen MR) is 75.4 cm³/mol. The van der Waals surface area contributed by atoms with Crippen LogP contribution in [0, 0.1) is 0 Å². The predicted octanol–water partition coefficient (Wildman–Crippen LogP) is 3.11. The van der Waals surface area contributed by atoms with Gasteiger partial charge in [0.15, 0.2) is 0 Å². The molecule has 4 heteroatoms. The van der Waals surface area contributed by atoms with Crippen LogP contribution in [-0.4, -0.2) is 17.0 Å². The number of nitrogens with zero attached hydrogens (tertiary/aromatic N) is 2. The molecule has 0 atom stereocenters. The van der Waals surface area contributed by atoms with E-state index in [2.05, 4.69) is 35.2 Å². The summed E-state index contributed by atoms with van der Waals surface area (Å²) in [5.41, 5.74) is 2.27. The van der Waals surface area contributed by atoms with Gasteiger partial charge in [0.2, 0.25) is 0 Å². The SMILES string of the molecule is CNCc1cnc(Oc2cccc(C(C)C)c2)nc1. The van der Waals surface area contributed by atoms with Gasteiger partial charge in [-0.2, -0.15) is 0 Å². The molecule has 0 spiro atoms. The van der Waals surface area contributed by atoms with Crippen LogP contribution in [0.2, 0.25) is 0 Å². The Morgan fingerprint density at radius 3 is 2.58 bits per heavy atom. The van der Waals surface area contributed by atoms with Gasteiger partial charge in [0.25, 0.3) is 0 Å². The Hall–Kier alpha value is -1.94. The van der Waals surface area contributed by atoms with Gasteiger partial charge >= 0.3 is 6.01 Å².